The molecule has 3 saturated heterocycles. The summed E-state index contributed by atoms with van der Waals surface area (Å²) in [6, 6.07) is 0. The van der Waals surface area contributed by atoms with E-state index in [9.17, 15) is 79.8 Å². The number of aromatic nitrogens is 8. The maximum absolute atomic E-state index is 13.0. The maximum atomic E-state index is 13.0. The van der Waals surface area contributed by atoms with Crippen LogP contribution in [-0.4, -0.2) is 259 Å². The Bertz CT molecular complexity index is 4780. The van der Waals surface area contributed by atoms with Crippen LogP contribution >= 0.6 is 160 Å². The van der Waals surface area contributed by atoms with E-state index in [1.54, 1.807) is 53.5 Å². The number of aliphatic hydroxyl groups is 3. The van der Waals surface area contributed by atoms with E-state index in [1.807, 2.05) is 19.3 Å². The normalized spacial score (nSPS) is 14.3. The van der Waals surface area contributed by atoms with Crippen molar-refractivity contribution in [2.75, 3.05) is 106 Å². The Kier molecular flexibility index (Phi) is 53.4. The van der Waals surface area contributed by atoms with Crippen molar-refractivity contribution < 1.29 is 99.7 Å². The van der Waals surface area contributed by atoms with E-state index in [0.29, 0.717) is 126 Å². The van der Waals surface area contributed by atoms with Crippen LogP contribution in [0.4, 0.5) is 22.0 Å². The van der Waals surface area contributed by atoms with Crippen LogP contribution in [0.3, 0.4) is 0 Å². The number of nitrogens with zero attached hydrogens (tertiary/aromatic N) is 11. The van der Waals surface area contributed by atoms with Gasteiger partial charge < -0.3 is 41.1 Å². The monoisotopic (exact) mass is 2080 g/mol. The number of nitrogens with one attached hydrogen (secondary N) is 5. The summed E-state index contributed by atoms with van der Waals surface area (Å²) in [5, 5.41) is 40.7. The van der Waals surface area contributed by atoms with Crippen molar-refractivity contribution in [3.63, 3.8) is 0 Å². The summed E-state index contributed by atoms with van der Waals surface area (Å²) in [6.07, 6.45) is 5.54. The van der Waals surface area contributed by atoms with Gasteiger partial charge in [-0.05, 0) is 114 Å². The summed E-state index contributed by atoms with van der Waals surface area (Å²) in [5.41, 5.74) is 4.13. The van der Waals surface area contributed by atoms with E-state index in [2.05, 4.69) is 80.8 Å². The molecule has 0 radical (unpaired) electrons. The highest BCUT2D eigenvalue weighted by atomic mass is 35.5. The maximum Gasteiger partial charge on any atom is 0.289 e. The van der Waals surface area contributed by atoms with Gasteiger partial charge in [-0.1, -0.05) is 69.6 Å². The largest absolute Gasteiger partial charge is 0.394 e. The molecule has 32 nitrogen and oxygen atoms in total. The fourth-order valence-corrected chi connectivity index (χ4v) is 19.7. The number of aryl methyl sites for hydroxylation is 8. The topological polar surface area (TPSA) is 440 Å². The van der Waals surface area contributed by atoms with Crippen molar-refractivity contribution in [1.29, 1.82) is 0 Å². The van der Waals surface area contributed by atoms with E-state index >= 15 is 0 Å². The van der Waals surface area contributed by atoms with Gasteiger partial charge in [0.1, 0.15) is 40.3 Å². The van der Waals surface area contributed by atoms with Crippen molar-refractivity contribution in [2.24, 2.45) is 0 Å². The zero-order chi connectivity index (χ0) is 96.4. The summed E-state index contributed by atoms with van der Waals surface area (Å²) < 4.78 is 64.8. The Balaban J connectivity index is 0.000000310. The van der Waals surface area contributed by atoms with E-state index in [1.165, 1.54) is 82.1 Å². The number of hydrogen-bond acceptors (Lipinski definition) is 35. The van der Waals surface area contributed by atoms with Crippen molar-refractivity contribution in [3.8, 4) is 0 Å². The molecule has 3 fully saturated rings. The van der Waals surface area contributed by atoms with Gasteiger partial charge >= 0.3 is 0 Å². The number of likely N-dealkylation sites (tertiary alicyclic amines) is 3. The lowest BCUT2D eigenvalue weighted by atomic mass is 10.1. The molecule has 51 heteroatoms. The van der Waals surface area contributed by atoms with Crippen molar-refractivity contribution >= 4 is 225 Å². The fraction of sp³-hybridized carbons (Fsp3) is 0.551. The number of carbonyl (C=O) groups excluding carboxylic acids is 11. The van der Waals surface area contributed by atoms with Gasteiger partial charge in [-0.3, -0.25) is 67.3 Å². The lowest BCUT2D eigenvalue weighted by molar-refractivity contribution is -0.121. The summed E-state index contributed by atoms with van der Waals surface area (Å²) in [5.74, 6) is -6.18. The molecule has 8 aromatic heterocycles. The van der Waals surface area contributed by atoms with Gasteiger partial charge in [0, 0.05) is 118 Å². The molecule has 0 bridgehead atoms. The van der Waals surface area contributed by atoms with Crippen LogP contribution in [0.25, 0.3) is 0 Å². The van der Waals surface area contributed by atoms with Crippen LogP contribution in [0.2, 0.25) is 30.9 Å². The molecule has 3 aliphatic heterocycles. The molecule has 0 spiro atoms. The fourth-order valence-electron chi connectivity index (χ4n) is 11.3. The number of aliphatic hydroxyl groups excluding tert-OH is 3. The highest BCUT2D eigenvalue weighted by molar-refractivity contribution is 7.16. The van der Waals surface area contributed by atoms with Crippen LogP contribution in [0.1, 0.15) is 220 Å². The molecule has 714 valence electrons. The van der Waals surface area contributed by atoms with E-state index in [-0.39, 0.29) is 154 Å². The molecule has 8 aromatic rings. The van der Waals surface area contributed by atoms with Crippen LogP contribution < -0.4 is 26.9 Å². The van der Waals surface area contributed by atoms with Crippen molar-refractivity contribution in [2.45, 2.75) is 176 Å². The Morgan fingerprint density at radius 2 is 0.690 bits per heavy atom. The molecular weight excluding hydrogens is 1980 g/mol. The third-order valence-electron chi connectivity index (χ3n) is 17.3. The Morgan fingerprint density at radius 3 is 0.984 bits per heavy atom. The standard InChI is InChI=1S/C12H15ClF2N2OS.C12H16ClFN2OS.C12H17ClN2O2S.C10H13ClN2O2S.C9H11ClN2O2S.C9H11FN2O2S.C7H9ClN2O3S.C7H9FN2O3S/c1-8-16-11(13)10(19-8)9(18)3-2-5-17-6-4-12(14,15)7-17;1-8-15-12(13)11(18-8)10(17)3-2-5-16-6-4-9(14)7-16;1-8-14-12(13)11(18-8)10(17)3-2-5-15-6-4-9(16)7-15;1-6-13-10(11)9(16-6)7(14)4-3-5-8(15)12-2;2*1-5-12-9(10)8(15-5)6(13)3-4-7(14)11-2;2*1-4-9-6(8)5(14-4)7(12)10-13-3-2-11/h2-7H2,1H3;9H,2-7H2,1H3;9,16H,2-7H2,1H3;3-5H2,1-2H3,(H,12,15);2*3-4H2,1-2H3,(H,11,14);2*11H,2-3H2,1H3,(H,10,12). The summed E-state index contributed by atoms with van der Waals surface area (Å²) in [7, 11) is 4.61. The zero-order valence-corrected chi connectivity index (χ0v) is 83.2. The summed E-state index contributed by atoms with van der Waals surface area (Å²) in [4.78, 5) is 174. The molecular formula is C78H101Cl6F5N16O16S8. The quantitative estimate of drug-likeness (QED) is 0.00782. The van der Waals surface area contributed by atoms with Crippen LogP contribution in [0.5, 0.6) is 0 Å². The molecule has 8 N–H and O–H groups in total. The first-order valence-corrected chi connectivity index (χ1v) is 48.5. The first-order valence-electron chi connectivity index (χ1n) is 39.7. The van der Waals surface area contributed by atoms with Crippen LogP contribution in [0, 0.1) is 67.3 Å². The van der Waals surface area contributed by atoms with Gasteiger partial charge in [-0.2, -0.15) is 8.78 Å². The molecule has 0 aromatic carbocycles. The third-order valence-corrected chi connectivity index (χ3v) is 27.6. The number of alkyl halides is 3. The molecule has 11 rings (SSSR count). The first kappa shape index (κ1) is 115. The molecule has 129 heavy (non-hydrogen) atoms. The summed E-state index contributed by atoms with van der Waals surface area (Å²) >= 11 is 44.6. The lowest BCUT2D eigenvalue weighted by Crippen LogP contribution is -2.26. The number of thiazole rings is 8. The molecule has 11 heterocycles. The SMILES string of the molecule is CNC(=O)CCC(=O)c1sc(C)nc1Cl.CNC(=O)CCC(=O)c1sc(C)nc1F.CNC(=O)CCCC(=O)c1sc(C)nc1Cl.Cc1nc(Cl)c(C(=O)CCCN2CCC(F)(F)C2)s1.Cc1nc(Cl)c(C(=O)CCCN2CCC(F)C2)s1.Cc1nc(Cl)c(C(=O)CCCN2CCC(O)C2)s1.Cc1nc(Cl)c(C(=O)NOCCO)s1.Cc1nc(F)c(C(=O)NOCCO)s1. The minimum absolute atomic E-state index is 0.0106. The first-order chi connectivity index (χ1) is 60.9. The number of carbonyl (C=O) groups is 11. The number of halogens is 11. The van der Waals surface area contributed by atoms with Crippen LogP contribution in [-0.2, 0) is 24.1 Å². The molecule has 2 unspecified atom stereocenters. The van der Waals surface area contributed by atoms with Gasteiger partial charge in [0.25, 0.3) is 17.7 Å². The van der Waals surface area contributed by atoms with Gasteiger partial charge in [-0.15, -0.1) is 90.7 Å². The van der Waals surface area contributed by atoms with Crippen molar-refractivity contribution in [1.82, 2.24) is 81.5 Å². The number of amides is 5. The number of Topliss-reactive ketones (excluding diaryl/α,β-unsaturated/α-hetero) is 6. The number of hydroxylamine groups is 2. The van der Waals surface area contributed by atoms with Gasteiger partial charge in [-0.25, -0.2) is 64.0 Å². The predicted octanol–water partition coefficient (Wildman–Crippen LogP) is 15.0. The number of ketones is 6. The average molecular weight is 2080 g/mol. The van der Waals surface area contributed by atoms with E-state index in [0.717, 1.165) is 99.7 Å². The molecule has 0 saturated carbocycles. The highest BCUT2D eigenvalue weighted by Crippen LogP contribution is 2.32. The second-order valence-electron chi connectivity index (χ2n) is 27.9. The molecule has 2 atom stereocenters. The average Bonchev–Trinajstić information content (AvgIpc) is 1.79. The van der Waals surface area contributed by atoms with Crippen LogP contribution in [0.15, 0.2) is 0 Å². The second-order valence-corrected chi connectivity index (χ2v) is 39.6. The Hall–Kier alpha value is -6.52. The number of hydrogen-bond donors (Lipinski definition) is 8. The van der Waals surface area contributed by atoms with E-state index < -0.39 is 35.8 Å². The summed E-state index contributed by atoms with van der Waals surface area (Å²) in [6.45, 7) is 19.0. The molecule has 3 aliphatic rings. The zero-order valence-electron chi connectivity index (χ0n) is 72.2. The highest BCUT2D eigenvalue weighted by Gasteiger charge is 2.38. The van der Waals surface area contributed by atoms with Gasteiger partial charge in [0.2, 0.25) is 29.6 Å². The third kappa shape index (κ3) is 43.1. The smallest absolute Gasteiger partial charge is 0.289 e. The lowest BCUT2D eigenvalue weighted by Gasteiger charge is -2.14. The number of rotatable bonds is 36. The van der Waals surface area contributed by atoms with Gasteiger partial charge in [0.05, 0.1) is 79.1 Å². The van der Waals surface area contributed by atoms with Crippen molar-refractivity contribution in [3.05, 3.63) is 122 Å². The number of β-amino-alcohol motifs (C(OH)–C–C–N with tert-alkyl or cyclic N) is 1. The molecule has 5 amide bonds. The second kappa shape index (κ2) is 60.0. The van der Waals surface area contributed by atoms with Gasteiger partial charge in [0.15, 0.2) is 70.5 Å². The predicted molar refractivity (Wildman–Crippen MR) is 493 cm³/mol. The Labute approximate surface area is 803 Å². The Morgan fingerprint density at radius 1 is 0.395 bits per heavy atom. The molecule has 0 aliphatic carbocycles. The van der Waals surface area contributed by atoms with E-state index in [4.69, 9.17) is 79.8 Å². The minimum atomic E-state index is -2.57. The minimum Gasteiger partial charge on any atom is -0.394 e.